The van der Waals surface area contributed by atoms with Gasteiger partial charge < -0.3 is 14.2 Å². The van der Waals surface area contributed by atoms with Crippen LogP contribution in [-0.4, -0.2) is 30.3 Å². The van der Waals surface area contributed by atoms with E-state index in [1.54, 1.807) is 6.33 Å². The molecular formula is C17H18N4O4. The molecule has 0 saturated heterocycles. The number of aliphatic hydroxyl groups is 1. The zero-order chi connectivity index (χ0) is 18.1. The molecule has 8 heteroatoms. The van der Waals surface area contributed by atoms with Crippen LogP contribution in [0.3, 0.4) is 0 Å². The van der Waals surface area contributed by atoms with Gasteiger partial charge >= 0.3 is 0 Å². The van der Waals surface area contributed by atoms with Crippen LogP contribution in [0.25, 0.3) is 11.0 Å². The molecule has 0 bridgehead atoms. The molecule has 0 radical (unpaired) electrons. The van der Waals surface area contributed by atoms with Gasteiger partial charge in [-0.3, -0.25) is 14.9 Å². The molecule has 0 aliphatic rings. The maximum absolute atomic E-state index is 11.8. The number of nitro groups is 1. The van der Waals surface area contributed by atoms with Crippen molar-refractivity contribution in [1.82, 2.24) is 14.1 Å². The van der Waals surface area contributed by atoms with E-state index in [0.717, 1.165) is 45.1 Å². The summed E-state index contributed by atoms with van der Waals surface area (Å²) in [5, 5.41) is 21.2. The number of benzene rings is 1. The minimum atomic E-state index is -0.890. The number of rotatable bonds is 5. The number of pyridine rings is 1. The Labute approximate surface area is 143 Å². The largest absolute Gasteiger partial charge is 0.389 e. The molecule has 0 aliphatic carbocycles. The highest BCUT2D eigenvalue weighted by Gasteiger charge is 2.13. The molecule has 1 atom stereocenters. The van der Waals surface area contributed by atoms with Crippen molar-refractivity contribution in [1.29, 1.82) is 0 Å². The highest BCUT2D eigenvalue weighted by molar-refractivity contribution is 5.77. The lowest BCUT2D eigenvalue weighted by atomic mass is 10.1. The molecule has 1 aromatic carbocycles. The number of fused-ring (bicyclic) bond motifs is 1. The molecule has 3 aromatic rings. The van der Waals surface area contributed by atoms with E-state index in [2.05, 4.69) is 4.98 Å². The van der Waals surface area contributed by atoms with Crippen molar-refractivity contribution in [3.05, 3.63) is 68.4 Å². The summed E-state index contributed by atoms with van der Waals surface area (Å²) >= 11 is 0. The standard InChI is InChI=1S/C17H18N4O4/c1-11-5-15-16(6-12(11)2)20(10-18-15)9-14(22)8-19-7-13(21(24)25)3-4-17(19)23/h3-7,10,14,22H,8-9H2,1-2H3/t14-/m1/s1. The highest BCUT2D eigenvalue weighted by Crippen LogP contribution is 2.19. The number of aromatic nitrogens is 3. The van der Waals surface area contributed by atoms with E-state index in [9.17, 15) is 20.0 Å². The third-order valence-corrected chi connectivity index (χ3v) is 4.23. The molecule has 2 heterocycles. The Morgan fingerprint density at radius 2 is 1.88 bits per heavy atom. The van der Waals surface area contributed by atoms with Crippen LogP contribution in [0.4, 0.5) is 5.69 Å². The van der Waals surface area contributed by atoms with E-state index in [-0.39, 0.29) is 18.8 Å². The number of aliphatic hydroxyl groups excluding tert-OH is 1. The number of nitrogens with zero attached hydrogens (tertiary/aromatic N) is 4. The Morgan fingerprint density at radius 3 is 2.60 bits per heavy atom. The zero-order valence-corrected chi connectivity index (χ0v) is 13.9. The van der Waals surface area contributed by atoms with Crippen LogP contribution < -0.4 is 5.56 Å². The summed E-state index contributed by atoms with van der Waals surface area (Å²) in [6, 6.07) is 6.27. The molecule has 0 unspecified atom stereocenters. The number of imidazole rings is 1. The fourth-order valence-corrected chi connectivity index (χ4v) is 2.74. The summed E-state index contributed by atoms with van der Waals surface area (Å²) in [5.41, 5.74) is 3.41. The van der Waals surface area contributed by atoms with E-state index in [4.69, 9.17) is 0 Å². The van der Waals surface area contributed by atoms with Crippen molar-refractivity contribution in [2.75, 3.05) is 0 Å². The Kier molecular flexibility index (Phi) is 4.37. The van der Waals surface area contributed by atoms with Crippen LogP contribution in [0.2, 0.25) is 0 Å². The van der Waals surface area contributed by atoms with Gasteiger partial charge in [0.05, 0.1) is 47.7 Å². The third-order valence-electron chi connectivity index (χ3n) is 4.23. The van der Waals surface area contributed by atoms with E-state index >= 15 is 0 Å². The van der Waals surface area contributed by atoms with E-state index < -0.39 is 16.6 Å². The van der Waals surface area contributed by atoms with Crippen molar-refractivity contribution >= 4 is 16.7 Å². The van der Waals surface area contributed by atoms with Gasteiger partial charge in [0.2, 0.25) is 0 Å². The molecule has 0 saturated carbocycles. The van der Waals surface area contributed by atoms with Crippen molar-refractivity contribution < 1.29 is 10.0 Å². The number of hydrogen-bond acceptors (Lipinski definition) is 5. The second-order valence-corrected chi connectivity index (χ2v) is 6.11. The summed E-state index contributed by atoms with van der Waals surface area (Å²) in [6.07, 6.45) is 1.90. The van der Waals surface area contributed by atoms with Gasteiger partial charge in [0.1, 0.15) is 0 Å². The summed E-state index contributed by atoms with van der Waals surface area (Å²) in [5.74, 6) is 0. The highest BCUT2D eigenvalue weighted by atomic mass is 16.6. The van der Waals surface area contributed by atoms with Crippen LogP contribution in [-0.2, 0) is 13.1 Å². The van der Waals surface area contributed by atoms with Gasteiger partial charge in [0.25, 0.3) is 11.2 Å². The lowest BCUT2D eigenvalue weighted by molar-refractivity contribution is -0.385. The van der Waals surface area contributed by atoms with Crippen LogP contribution in [0.15, 0.2) is 41.6 Å². The average Bonchev–Trinajstić information content (AvgIpc) is 2.91. The van der Waals surface area contributed by atoms with Gasteiger partial charge in [-0.15, -0.1) is 0 Å². The number of aryl methyl sites for hydroxylation is 2. The second kappa shape index (κ2) is 6.48. The molecule has 8 nitrogen and oxygen atoms in total. The molecule has 3 rings (SSSR count). The van der Waals surface area contributed by atoms with Crippen LogP contribution >= 0.6 is 0 Å². The minimum Gasteiger partial charge on any atom is -0.389 e. The van der Waals surface area contributed by atoms with Gasteiger partial charge in [-0.1, -0.05) is 0 Å². The molecule has 25 heavy (non-hydrogen) atoms. The summed E-state index contributed by atoms with van der Waals surface area (Å²) < 4.78 is 2.96. The minimum absolute atomic E-state index is 0.0367. The molecule has 0 amide bonds. The van der Waals surface area contributed by atoms with Crippen molar-refractivity contribution in [3.8, 4) is 0 Å². The van der Waals surface area contributed by atoms with E-state index in [1.165, 1.54) is 0 Å². The summed E-state index contributed by atoms with van der Waals surface area (Å²) in [6.45, 7) is 4.21. The monoisotopic (exact) mass is 342 g/mol. The molecule has 1 N–H and O–H groups in total. The summed E-state index contributed by atoms with van der Waals surface area (Å²) in [4.78, 5) is 26.4. The summed E-state index contributed by atoms with van der Waals surface area (Å²) in [7, 11) is 0. The van der Waals surface area contributed by atoms with Gasteiger partial charge in [0, 0.05) is 12.1 Å². The average molecular weight is 342 g/mol. The molecule has 0 fully saturated rings. The quantitative estimate of drug-likeness (QED) is 0.562. The van der Waals surface area contributed by atoms with Crippen LogP contribution in [0.5, 0.6) is 0 Å². The predicted octanol–water partition coefficient (Wildman–Crippen LogP) is 1.78. The molecule has 0 aliphatic heterocycles. The lowest BCUT2D eigenvalue weighted by Crippen LogP contribution is -2.28. The predicted molar refractivity (Wildman–Crippen MR) is 92.6 cm³/mol. The normalized spacial score (nSPS) is 12.4. The first-order chi connectivity index (χ1) is 11.8. The van der Waals surface area contributed by atoms with Crippen LogP contribution in [0, 0.1) is 24.0 Å². The second-order valence-electron chi connectivity index (χ2n) is 6.11. The molecule has 0 spiro atoms. The van der Waals surface area contributed by atoms with E-state index in [0.29, 0.717) is 0 Å². The first-order valence-electron chi connectivity index (χ1n) is 7.80. The molecule has 130 valence electrons. The lowest BCUT2D eigenvalue weighted by Gasteiger charge is -2.14. The first-order valence-corrected chi connectivity index (χ1v) is 7.80. The fraction of sp³-hybridized carbons (Fsp3) is 0.294. The smallest absolute Gasteiger partial charge is 0.285 e. The van der Waals surface area contributed by atoms with Crippen molar-refractivity contribution in [3.63, 3.8) is 0 Å². The zero-order valence-electron chi connectivity index (χ0n) is 13.9. The maximum atomic E-state index is 11.8. The topological polar surface area (TPSA) is 103 Å². The van der Waals surface area contributed by atoms with Gasteiger partial charge in [0.15, 0.2) is 0 Å². The fourth-order valence-electron chi connectivity index (χ4n) is 2.74. The van der Waals surface area contributed by atoms with Crippen molar-refractivity contribution in [2.24, 2.45) is 0 Å². The van der Waals surface area contributed by atoms with E-state index in [1.807, 2.05) is 30.5 Å². The number of hydrogen-bond donors (Lipinski definition) is 1. The Hall–Kier alpha value is -3.00. The van der Waals surface area contributed by atoms with Gasteiger partial charge in [-0.25, -0.2) is 4.98 Å². The van der Waals surface area contributed by atoms with Crippen molar-refractivity contribution in [2.45, 2.75) is 33.0 Å². The Morgan fingerprint density at radius 1 is 1.20 bits per heavy atom. The maximum Gasteiger partial charge on any atom is 0.285 e. The molecule has 2 aromatic heterocycles. The van der Waals surface area contributed by atoms with Gasteiger partial charge in [-0.2, -0.15) is 0 Å². The Bertz CT molecular complexity index is 1010. The first kappa shape index (κ1) is 16.8. The van der Waals surface area contributed by atoms with Crippen LogP contribution in [0.1, 0.15) is 11.1 Å². The molecular weight excluding hydrogens is 324 g/mol. The Balaban J connectivity index is 1.83. The third kappa shape index (κ3) is 3.43. The van der Waals surface area contributed by atoms with Gasteiger partial charge in [-0.05, 0) is 37.1 Å². The SMILES string of the molecule is Cc1cc2ncn(C[C@H](O)Cn3cc([N+](=O)[O-])ccc3=O)c2cc1C.